The second-order valence-corrected chi connectivity index (χ2v) is 9.72. The average molecular weight is 415 g/mol. The minimum Gasteiger partial charge on any atom is -0.293 e. The molecule has 2 bridgehead atoms. The maximum Gasteiger partial charge on any atom is 0.239 e. The molecule has 0 radical (unpaired) electrons. The fourth-order valence-electron chi connectivity index (χ4n) is 5.22. The number of ketones is 1. The van der Waals surface area contributed by atoms with Gasteiger partial charge in [0.15, 0.2) is 5.78 Å². The van der Waals surface area contributed by atoms with E-state index in [1.807, 2.05) is 29.2 Å². The lowest BCUT2D eigenvalue weighted by Gasteiger charge is -2.33. The van der Waals surface area contributed by atoms with Crippen molar-refractivity contribution < 1.29 is 14.4 Å². The fourth-order valence-corrected chi connectivity index (χ4v) is 5.22. The van der Waals surface area contributed by atoms with E-state index < -0.39 is 17.9 Å². The zero-order valence-corrected chi connectivity index (χ0v) is 18.0. The van der Waals surface area contributed by atoms with Crippen molar-refractivity contribution in [2.75, 3.05) is 4.90 Å². The summed E-state index contributed by atoms with van der Waals surface area (Å²) < 4.78 is 0. The predicted molar refractivity (Wildman–Crippen MR) is 118 cm³/mol. The van der Waals surface area contributed by atoms with E-state index in [9.17, 15) is 14.4 Å². The van der Waals surface area contributed by atoms with Crippen molar-refractivity contribution in [2.45, 2.75) is 44.8 Å². The minimum atomic E-state index is -0.631. The van der Waals surface area contributed by atoms with Crippen molar-refractivity contribution in [3.63, 3.8) is 0 Å². The van der Waals surface area contributed by atoms with E-state index in [0.717, 1.165) is 5.56 Å². The lowest BCUT2D eigenvalue weighted by atomic mass is 9.86. The van der Waals surface area contributed by atoms with Crippen molar-refractivity contribution >= 4 is 23.3 Å². The largest absolute Gasteiger partial charge is 0.293 e. The standard InChI is InChI=1S/C26H26N2O3/c1-26(2,3)17-11-9-16(10-12-17)15-27-19-13-14-20(29)23(27)22-21(19)24(30)28(25(22)31)18-7-5-4-6-8-18/h4-14,19,21-23H,15H2,1-3H3/t19-,21+,22-,23-/m0/s1. The van der Waals surface area contributed by atoms with Crippen molar-refractivity contribution in [1.82, 2.24) is 4.90 Å². The number of amides is 2. The minimum absolute atomic E-state index is 0.0676. The Morgan fingerprint density at radius 1 is 0.839 bits per heavy atom. The van der Waals surface area contributed by atoms with E-state index in [2.05, 4.69) is 45.0 Å². The molecule has 0 spiro atoms. The number of rotatable bonds is 3. The molecule has 0 aliphatic carbocycles. The van der Waals surface area contributed by atoms with Gasteiger partial charge in [0.2, 0.25) is 11.8 Å². The van der Waals surface area contributed by atoms with Gasteiger partial charge in [0.1, 0.15) is 0 Å². The second kappa shape index (κ2) is 6.99. The summed E-state index contributed by atoms with van der Waals surface area (Å²) in [6.45, 7) is 7.06. The molecular formula is C26H26N2O3. The Bertz CT molecular complexity index is 1080. The summed E-state index contributed by atoms with van der Waals surface area (Å²) in [5, 5.41) is 0. The first kappa shape index (κ1) is 19.9. The number of benzene rings is 2. The number of imide groups is 1. The molecule has 3 aliphatic heterocycles. The lowest BCUT2D eigenvalue weighted by molar-refractivity contribution is -0.129. The van der Waals surface area contributed by atoms with Crippen molar-refractivity contribution in [3.05, 3.63) is 77.9 Å². The van der Waals surface area contributed by atoms with Crippen LogP contribution in [0, 0.1) is 11.8 Å². The first-order chi connectivity index (χ1) is 14.8. The third kappa shape index (κ3) is 3.07. The number of carbonyl (C=O) groups is 3. The number of hydrogen-bond acceptors (Lipinski definition) is 4. The summed E-state index contributed by atoms with van der Waals surface area (Å²) in [5.41, 5.74) is 2.96. The van der Waals surface area contributed by atoms with E-state index in [-0.39, 0.29) is 29.1 Å². The molecular weight excluding hydrogens is 388 g/mol. The molecule has 5 heteroatoms. The van der Waals surface area contributed by atoms with Crippen LogP contribution in [0.2, 0.25) is 0 Å². The molecule has 2 aromatic rings. The van der Waals surface area contributed by atoms with Crippen LogP contribution in [0.25, 0.3) is 0 Å². The Hall–Kier alpha value is -3.05. The van der Waals surface area contributed by atoms with Crippen LogP contribution < -0.4 is 4.90 Å². The van der Waals surface area contributed by atoms with Crippen LogP contribution in [0.3, 0.4) is 0 Å². The van der Waals surface area contributed by atoms with Crippen molar-refractivity contribution in [3.8, 4) is 0 Å². The summed E-state index contributed by atoms with van der Waals surface area (Å²) in [7, 11) is 0. The van der Waals surface area contributed by atoms with E-state index in [0.29, 0.717) is 12.2 Å². The molecule has 2 fully saturated rings. The summed E-state index contributed by atoms with van der Waals surface area (Å²) in [6, 6.07) is 16.6. The highest BCUT2D eigenvalue weighted by atomic mass is 16.2. The summed E-state index contributed by atoms with van der Waals surface area (Å²) >= 11 is 0. The van der Waals surface area contributed by atoms with Crippen LogP contribution >= 0.6 is 0 Å². The third-order valence-corrected chi connectivity index (χ3v) is 6.80. The van der Waals surface area contributed by atoms with Gasteiger partial charge >= 0.3 is 0 Å². The highest BCUT2D eigenvalue weighted by Crippen LogP contribution is 2.47. The van der Waals surface area contributed by atoms with Gasteiger partial charge in [0.05, 0.1) is 23.6 Å². The van der Waals surface area contributed by atoms with Crippen LogP contribution in [0.4, 0.5) is 5.69 Å². The average Bonchev–Trinajstić information content (AvgIpc) is 3.12. The van der Waals surface area contributed by atoms with Crippen LogP contribution in [0.1, 0.15) is 31.9 Å². The molecule has 3 aliphatic rings. The predicted octanol–water partition coefficient (Wildman–Crippen LogP) is 3.48. The molecule has 0 saturated carbocycles. The van der Waals surface area contributed by atoms with Gasteiger partial charge < -0.3 is 0 Å². The maximum atomic E-state index is 13.3. The molecule has 2 saturated heterocycles. The Morgan fingerprint density at radius 3 is 2.13 bits per heavy atom. The van der Waals surface area contributed by atoms with Crippen molar-refractivity contribution in [2.24, 2.45) is 11.8 Å². The number of nitrogens with zero attached hydrogens (tertiary/aromatic N) is 2. The Kier molecular flexibility index (Phi) is 4.48. The van der Waals surface area contributed by atoms with Gasteiger partial charge in [-0.15, -0.1) is 0 Å². The Morgan fingerprint density at radius 2 is 1.48 bits per heavy atom. The second-order valence-electron chi connectivity index (χ2n) is 9.72. The third-order valence-electron chi connectivity index (χ3n) is 6.80. The smallest absolute Gasteiger partial charge is 0.239 e. The number of anilines is 1. The molecule has 5 rings (SSSR count). The van der Waals surface area contributed by atoms with Gasteiger partial charge in [-0.05, 0) is 34.8 Å². The molecule has 3 heterocycles. The molecule has 158 valence electrons. The Labute approximate surface area is 182 Å². The molecule has 0 unspecified atom stereocenters. The van der Waals surface area contributed by atoms with Gasteiger partial charge in [-0.3, -0.25) is 19.3 Å². The maximum absolute atomic E-state index is 13.3. The van der Waals surface area contributed by atoms with Crippen LogP contribution in [-0.4, -0.2) is 34.6 Å². The zero-order valence-electron chi connectivity index (χ0n) is 18.0. The number of fused-ring (bicyclic) bond motifs is 5. The van der Waals surface area contributed by atoms with Crippen LogP contribution in [0.15, 0.2) is 66.7 Å². The monoisotopic (exact) mass is 414 g/mol. The van der Waals surface area contributed by atoms with Gasteiger partial charge in [-0.25, -0.2) is 4.90 Å². The van der Waals surface area contributed by atoms with Crippen LogP contribution in [-0.2, 0) is 26.3 Å². The van der Waals surface area contributed by atoms with E-state index in [1.54, 1.807) is 18.2 Å². The quantitative estimate of drug-likeness (QED) is 0.722. The summed E-state index contributed by atoms with van der Waals surface area (Å²) in [4.78, 5) is 42.9. The van der Waals surface area contributed by atoms with Gasteiger partial charge in [0, 0.05) is 12.6 Å². The number of carbonyl (C=O) groups excluding carboxylic acids is 3. The molecule has 4 atom stereocenters. The molecule has 2 amide bonds. The lowest BCUT2D eigenvalue weighted by Crippen LogP contribution is -2.48. The van der Waals surface area contributed by atoms with E-state index >= 15 is 0 Å². The van der Waals surface area contributed by atoms with E-state index in [4.69, 9.17) is 0 Å². The van der Waals surface area contributed by atoms with Crippen molar-refractivity contribution in [1.29, 1.82) is 0 Å². The summed E-state index contributed by atoms with van der Waals surface area (Å²) in [5.74, 6) is -1.71. The SMILES string of the molecule is CC(C)(C)c1ccc(CN2[C@H]3C=CC(=O)[C@H]2[C@H]2C(=O)N(c4ccccc4)C(=O)[C@@H]23)cc1. The van der Waals surface area contributed by atoms with Gasteiger partial charge in [0.25, 0.3) is 0 Å². The van der Waals surface area contributed by atoms with Gasteiger partial charge in [-0.1, -0.05) is 69.3 Å². The van der Waals surface area contributed by atoms with Gasteiger partial charge in [-0.2, -0.15) is 0 Å². The molecule has 5 nitrogen and oxygen atoms in total. The number of para-hydroxylation sites is 1. The normalized spacial score (nSPS) is 27.8. The molecule has 0 aromatic heterocycles. The molecule has 0 N–H and O–H groups in total. The van der Waals surface area contributed by atoms with Crippen LogP contribution in [0.5, 0.6) is 0 Å². The number of hydrogen-bond donors (Lipinski definition) is 0. The van der Waals surface area contributed by atoms with E-state index in [1.165, 1.54) is 10.5 Å². The zero-order chi connectivity index (χ0) is 21.9. The Balaban J connectivity index is 1.46. The molecule has 31 heavy (non-hydrogen) atoms. The fraction of sp³-hybridized carbons (Fsp3) is 0.346. The highest BCUT2D eigenvalue weighted by Gasteiger charge is 2.64. The summed E-state index contributed by atoms with van der Waals surface area (Å²) in [6.07, 6.45) is 3.37. The highest BCUT2D eigenvalue weighted by molar-refractivity contribution is 6.24. The molecule has 2 aromatic carbocycles. The first-order valence-corrected chi connectivity index (χ1v) is 10.8. The topological polar surface area (TPSA) is 57.7 Å². The first-order valence-electron chi connectivity index (χ1n) is 10.8.